The molecule has 0 fully saturated rings. The Balaban J connectivity index is 2.10. The van der Waals surface area contributed by atoms with Crippen LogP contribution < -0.4 is 9.47 Å². The van der Waals surface area contributed by atoms with Crippen LogP contribution in [0.5, 0.6) is 11.5 Å². The van der Waals surface area contributed by atoms with E-state index in [9.17, 15) is 4.79 Å². The van der Waals surface area contributed by atoms with Gasteiger partial charge in [-0.2, -0.15) is 0 Å². The molecule has 0 unspecified atom stereocenters. The highest BCUT2D eigenvalue weighted by Gasteiger charge is 2.07. The summed E-state index contributed by atoms with van der Waals surface area (Å²) in [5, 5.41) is 10.7. The smallest absolute Gasteiger partial charge is 0.330 e. The summed E-state index contributed by atoms with van der Waals surface area (Å²) in [7, 11) is 0. The zero-order valence-electron chi connectivity index (χ0n) is 12.2. The number of hydrogen-bond donors (Lipinski definition) is 1. The molecule has 0 aliphatic carbocycles. The third-order valence-electron chi connectivity index (χ3n) is 2.94. The van der Waals surface area contributed by atoms with Crippen molar-refractivity contribution in [2.24, 2.45) is 0 Å². The lowest BCUT2D eigenvalue weighted by atomic mass is 10.1. The molecule has 0 amide bonds. The van der Waals surface area contributed by atoms with Crippen LogP contribution in [0.2, 0.25) is 0 Å². The molecule has 0 radical (unpaired) electrons. The van der Waals surface area contributed by atoms with Gasteiger partial charge in [0.1, 0.15) is 31.3 Å². The first kappa shape index (κ1) is 15.9. The van der Waals surface area contributed by atoms with Gasteiger partial charge in [-0.25, -0.2) is 4.79 Å². The van der Waals surface area contributed by atoms with E-state index in [1.165, 1.54) is 0 Å². The lowest BCUT2D eigenvalue weighted by Gasteiger charge is -2.12. The number of aliphatic hydroxyl groups excluding tert-OH is 1. The van der Waals surface area contributed by atoms with Crippen molar-refractivity contribution < 1.29 is 24.1 Å². The highest BCUT2D eigenvalue weighted by atomic mass is 16.6. The lowest BCUT2D eigenvalue weighted by Crippen LogP contribution is -2.10. The van der Waals surface area contributed by atoms with E-state index in [2.05, 4.69) is 6.58 Å². The Hall–Kier alpha value is -2.53. The first-order chi connectivity index (χ1) is 10.8. The van der Waals surface area contributed by atoms with Gasteiger partial charge in [-0.1, -0.05) is 30.8 Å². The van der Waals surface area contributed by atoms with E-state index in [1.807, 2.05) is 36.4 Å². The van der Waals surface area contributed by atoms with Crippen LogP contribution in [0.25, 0.3) is 10.8 Å². The molecule has 0 spiro atoms. The maximum atomic E-state index is 10.9. The Morgan fingerprint density at radius 1 is 1.00 bits per heavy atom. The zero-order chi connectivity index (χ0) is 15.8. The normalized spacial score (nSPS) is 10.2. The molecule has 0 heterocycles. The minimum atomic E-state index is -0.471. The number of fused-ring (bicyclic) bond motifs is 1. The van der Waals surface area contributed by atoms with Crippen LogP contribution in [0, 0.1) is 0 Å². The molecule has 2 rings (SSSR count). The van der Waals surface area contributed by atoms with Crippen LogP contribution in [-0.4, -0.2) is 37.5 Å². The lowest BCUT2D eigenvalue weighted by molar-refractivity contribution is -0.138. The summed E-state index contributed by atoms with van der Waals surface area (Å²) in [5.41, 5.74) is 0. The summed E-state index contributed by atoms with van der Waals surface area (Å²) in [6.07, 6.45) is 1.11. The minimum Gasteiger partial charge on any atom is -0.491 e. The molecule has 5 nitrogen and oxygen atoms in total. The van der Waals surface area contributed by atoms with Crippen LogP contribution in [-0.2, 0) is 9.53 Å². The molecule has 22 heavy (non-hydrogen) atoms. The van der Waals surface area contributed by atoms with E-state index in [0.29, 0.717) is 11.5 Å². The van der Waals surface area contributed by atoms with Gasteiger partial charge in [0.05, 0.1) is 6.61 Å². The largest absolute Gasteiger partial charge is 0.491 e. The van der Waals surface area contributed by atoms with Gasteiger partial charge >= 0.3 is 5.97 Å². The van der Waals surface area contributed by atoms with Gasteiger partial charge in [0.2, 0.25) is 0 Å². The Bertz CT molecular complexity index is 651. The Labute approximate surface area is 128 Å². The van der Waals surface area contributed by atoms with E-state index >= 15 is 0 Å². The maximum Gasteiger partial charge on any atom is 0.330 e. The van der Waals surface area contributed by atoms with Crippen LogP contribution >= 0.6 is 0 Å². The molecular weight excluding hydrogens is 284 g/mol. The number of aliphatic hydroxyl groups is 1. The van der Waals surface area contributed by atoms with E-state index in [0.717, 1.165) is 16.8 Å². The van der Waals surface area contributed by atoms with E-state index in [4.69, 9.17) is 19.3 Å². The van der Waals surface area contributed by atoms with Crippen molar-refractivity contribution in [1.29, 1.82) is 0 Å². The quantitative estimate of drug-likeness (QED) is 0.460. The van der Waals surface area contributed by atoms with E-state index in [-0.39, 0.29) is 26.4 Å². The molecule has 2 aromatic carbocycles. The van der Waals surface area contributed by atoms with Gasteiger partial charge in [-0.3, -0.25) is 0 Å². The van der Waals surface area contributed by atoms with Gasteiger partial charge in [0.25, 0.3) is 0 Å². The molecule has 0 aliphatic heterocycles. The van der Waals surface area contributed by atoms with E-state index < -0.39 is 5.97 Å². The summed E-state index contributed by atoms with van der Waals surface area (Å²) < 4.78 is 16.0. The molecule has 0 bridgehead atoms. The van der Waals surface area contributed by atoms with Crippen molar-refractivity contribution in [3.8, 4) is 11.5 Å². The second kappa shape index (κ2) is 8.05. The number of hydrogen-bond acceptors (Lipinski definition) is 5. The van der Waals surface area contributed by atoms with Crippen LogP contribution in [0.1, 0.15) is 0 Å². The van der Waals surface area contributed by atoms with Crippen molar-refractivity contribution in [1.82, 2.24) is 0 Å². The average molecular weight is 302 g/mol. The topological polar surface area (TPSA) is 65.0 Å². The number of carbonyl (C=O) groups is 1. The zero-order valence-corrected chi connectivity index (χ0v) is 12.2. The second-order valence-electron chi connectivity index (χ2n) is 4.40. The number of carbonyl (C=O) groups excluding carboxylic acids is 1. The van der Waals surface area contributed by atoms with Crippen LogP contribution in [0.15, 0.2) is 49.1 Å². The highest BCUT2D eigenvalue weighted by Crippen LogP contribution is 2.32. The monoisotopic (exact) mass is 302 g/mol. The first-order valence-electron chi connectivity index (χ1n) is 6.93. The molecule has 2 aromatic rings. The molecule has 0 saturated carbocycles. The molecule has 0 aromatic heterocycles. The number of ether oxygens (including phenoxy) is 3. The van der Waals surface area contributed by atoms with Crippen molar-refractivity contribution in [2.75, 3.05) is 26.4 Å². The highest BCUT2D eigenvalue weighted by molar-refractivity contribution is 5.93. The van der Waals surface area contributed by atoms with E-state index in [1.54, 1.807) is 0 Å². The molecule has 1 N–H and O–H groups in total. The first-order valence-corrected chi connectivity index (χ1v) is 6.93. The fraction of sp³-hybridized carbons (Fsp3) is 0.235. The van der Waals surface area contributed by atoms with Gasteiger partial charge in [-0.15, -0.1) is 0 Å². The summed E-state index contributed by atoms with van der Waals surface area (Å²) in [6, 6.07) is 11.2. The molecular formula is C17H18O5. The standard InChI is InChI=1S/C17H18O5/c1-2-17(19)22-12-11-21-16-8-4-5-13-14(16)6-3-7-15(13)20-10-9-18/h2-8,18H,1,9-12H2. The summed E-state index contributed by atoms with van der Waals surface area (Å²) >= 11 is 0. The number of benzene rings is 2. The SMILES string of the molecule is C=CC(=O)OCCOc1cccc2c(OCCO)cccc12. The maximum absolute atomic E-state index is 10.9. The Morgan fingerprint density at radius 2 is 1.59 bits per heavy atom. The third-order valence-corrected chi connectivity index (χ3v) is 2.94. The summed E-state index contributed by atoms with van der Waals surface area (Å²) in [5.74, 6) is 0.901. The van der Waals surface area contributed by atoms with Crippen LogP contribution in [0.4, 0.5) is 0 Å². The van der Waals surface area contributed by atoms with Crippen molar-refractivity contribution >= 4 is 16.7 Å². The van der Waals surface area contributed by atoms with Gasteiger partial charge in [0.15, 0.2) is 0 Å². The second-order valence-corrected chi connectivity index (χ2v) is 4.40. The van der Waals surface area contributed by atoms with Crippen molar-refractivity contribution in [2.45, 2.75) is 0 Å². The average Bonchev–Trinajstić information content (AvgIpc) is 2.56. The van der Waals surface area contributed by atoms with Gasteiger partial charge in [-0.05, 0) is 12.1 Å². The molecule has 0 aliphatic rings. The van der Waals surface area contributed by atoms with Crippen molar-refractivity contribution in [3.63, 3.8) is 0 Å². The fourth-order valence-electron chi connectivity index (χ4n) is 2.01. The van der Waals surface area contributed by atoms with Gasteiger partial charge in [0, 0.05) is 16.8 Å². The summed E-state index contributed by atoms with van der Waals surface area (Å²) in [6.45, 7) is 3.93. The molecule has 116 valence electrons. The van der Waals surface area contributed by atoms with Gasteiger partial charge < -0.3 is 19.3 Å². The number of rotatable bonds is 8. The molecule has 0 atom stereocenters. The van der Waals surface area contributed by atoms with Crippen LogP contribution in [0.3, 0.4) is 0 Å². The Kier molecular flexibility index (Phi) is 5.80. The molecule has 5 heteroatoms. The minimum absolute atomic E-state index is 0.0404. The summed E-state index contributed by atoms with van der Waals surface area (Å²) in [4.78, 5) is 10.9. The third kappa shape index (κ3) is 3.99. The predicted octanol–water partition coefficient (Wildman–Crippen LogP) is 2.32. The predicted molar refractivity (Wildman–Crippen MR) is 83.2 cm³/mol. The fourth-order valence-corrected chi connectivity index (χ4v) is 2.01. The molecule has 0 saturated heterocycles. The Morgan fingerprint density at radius 3 is 2.14 bits per heavy atom. The number of esters is 1. The van der Waals surface area contributed by atoms with Crippen molar-refractivity contribution in [3.05, 3.63) is 49.1 Å².